The lowest BCUT2D eigenvalue weighted by Gasteiger charge is -2.20. The van der Waals surface area contributed by atoms with Crippen LogP contribution in [0.3, 0.4) is 0 Å². The van der Waals surface area contributed by atoms with Gasteiger partial charge in [0.15, 0.2) is 6.10 Å². The van der Waals surface area contributed by atoms with E-state index in [1.165, 1.54) is 6.92 Å². The Morgan fingerprint density at radius 3 is 2.43 bits per heavy atom. The zero-order valence-corrected chi connectivity index (χ0v) is 12.4. The summed E-state index contributed by atoms with van der Waals surface area (Å²) in [7, 11) is 0. The molecule has 1 aromatic rings. The number of benzene rings is 1. The molecule has 1 heterocycles. The number of rotatable bonds is 4. The fraction of sp³-hybridized carbons (Fsp3) is 0.500. The van der Waals surface area contributed by atoms with E-state index in [9.17, 15) is 9.59 Å². The molecule has 0 N–H and O–H groups in total. The van der Waals surface area contributed by atoms with Gasteiger partial charge < -0.3 is 14.2 Å². The van der Waals surface area contributed by atoms with Crippen molar-refractivity contribution in [3.63, 3.8) is 0 Å². The molecule has 0 saturated carbocycles. The van der Waals surface area contributed by atoms with E-state index >= 15 is 0 Å². The maximum absolute atomic E-state index is 12.1. The van der Waals surface area contributed by atoms with Gasteiger partial charge in [0.05, 0.1) is 11.7 Å². The van der Waals surface area contributed by atoms with Crippen molar-refractivity contribution in [3.8, 4) is 0 Å². The van der Waals surface area contributed by atoms with Crippen LogP contribution in [0.5, 0.6) is 0 Å². The Morgan fingerprint density at radius 1 is 1.19 bits per heavy atom. The van der Waals surface area contributed by atoms with Crippen molar-refractivity contribution in [2.75, 3.05) is 0 Å². The van der Waals surface area contributed by atoms with E-state index in [-0.39, 0.29) is 12.0 Å². The van der Waals surface area contributed by atoms with E-state index in [2.05, 4.69) is 0 Å². The first-order valence-corrected chi connectivity index (χ1v) is 7.11. The monoisotopic (exact) mass is 292 g/mol. The highest BCUT2D eigenvalue weighted by Gasteiger charge is 2.45. The molecule has 4 atom stereocenters. The minimum atomic E-state index is -0.860. The third-order valence-electron chi connectivity index (χ3n) is 3.62. The maximum atomic E-state index is 12.1. The van der Waals surface area contributed by atoms with Crippen molar-refractivity contribution in [2.45, 2.75) is 45.7 Å². The topological polar surface area (TPSA) is 61.8 Å². The summed E-state index contributed by atoms with van der Waals surface area (Å²) in [4.78, 5) is 23.3. The van der Waals surface area contributed by atoms with Gasteiger partial charge in [-0.05, 0) is 18.6 Å². The third-order valence-corrected chi connectivity index (χ3v) is 3.62. The Hall–Kier alpha value is -1.88. The van der Waals surface area contributed by atoms with Crippen molar-refractivity contribution in [2.24, 2.45) is 5.92 Å². The van der Waals surface area contributed by atoms with Crippen LogP contribution in [0.25, 0.3) is 0 Å². The quantitative estimate of drug-likeness (QED) is 0.798. The molecule has 1 aliphatic rings. The largest absolute Gasteiger partial charge is 0.455 e. The molecule has 0 amide bonds. The second kappa shape index (κ2) is 6.72. The van der Waals surface area contributed by atoms with E-state index in [1.807, 2.05) is 19.9 Å². The lowest BCUT2D eigenvalue weighted by molar-refractivity contribution is -0.170. The molecule has 0 bridgehead atoms. The smallest absolute Gasteiger partial charge is 0.340 e. The number of carbonyl (C=O) groups is 2. The number of esters is 2. The Bertz CT molecular complexity index is 499. The number of hydrogen-bond acceptors (Lipinski definition) is 5. The molecule has 5 nitrogen and oxygen atoms in total. The fourth-order valence-electron chi connectivity index (χ4n) is 2.50. The Balaban J connectivity index is 2.09. The van der Waals surface area contributed by atoms with Gasteiger partial charge in [0.2, 0.25) is 6.29 Å². The number of hydrogen-bond donors (Lipinski definition) is 0. The van der Waals surface area contributed by atoms with Gasteiger partial charge in [0, 0.05) is 12.8 Å². The minimum Gasteiger partial charge on any atom is -0.455 e. The van der Waals surface area contributed by atoms with Crippen LogP contribution < -0.4 is 0 Å². The second-order valence-electron chi connectivity index (χ2n) is 5.16. The first-order valence-electron chi connectivity index (χ1n) is 7.11. The van der Waals surface area contributed by atoms with Crippen molar-refractivity contribution >= 4 is 11.9 Å². The normalized spacial score (nSPS) is 28.1. The molecule has 1 aromatic carbocycles. The standard InChI is InChI=1S/C16H20O5/c1-4-13-10(2)14(19-11(3)17)16(20-13)21-15(18)12-8-6-5-7-9-12/h5-10,13-14,16H,4H2,1-3H3/t10-,13-,14-,16?/m1/s1. The van der Waals surface area contributed by atoms with Crippen LogP contribution in [-0.4, -0.2) is 30.4 Å². The Kier molecular flexibility index (Phi) is 4.96. The molecule has 1 fully saturated rings. The molecule has 2 rings (SSSR count). The summed E-state index contributed by atoms with van der Waals surface area (Å²) in [5, 5.41) is 0. The van der Waals surface area contributed by atoms with Crippen LogP contribution in [-0.2, 0) is 19.0 Å². The summed E-state index contributed by atoms with van der Waals surface area (Å²) in [5.41, 5.74) is 0.440. The van der Waals surface area contributed by atoms with Crippen LogP contribution in [0.1, 0.15) is 37.6 Å². The molecule has 0 spiro atoms. The van der Waals surface area contributed by atoms with Crippen LogP contribution in [0.4, 0.5) is 0 Å². The van der Waals surface area contributed by atoms with E-state index in [0.29, 0.717) is 5.56 Å². The highest BCUT2D eigenvalue weighted by Crippen LogP contribution is 2.32. The van der Waals surface area contributed by atoms with Crippen LogP contribution >= 0.6 is 0 Å². The van der Waals surface area contributed by atoms with Crippen LogP contribution in [0.15, 0.2) is 30.3 Å². The Labute approximate surface area is 124 Å². The summed E-state index contributed by atoms with van der Waals surface area (Å²) in [5.74, 6) is -0.915. The van der Waals surface area contributed by atoms with E-state index in [1.54, 1.807) is 24.3 Å². The van der Waals surface area contributed by atoms with E-state index in [4.69, 9.17) is 14.2 Å². The minimum absolute atomic E-state index is 0.0209. The third kappa shape index (κ3) is 3.61. The predicted octanol–water partition coefficient (Wildman–Crippen LogP) is 2.55. The molecule has 114 valence electrons. The number of ether oxygens (including phenoxy) is 3. The predicted molar refractivity (Wildman–Crippen MR) is 75.5 cm³/mol. The SMILES string of the molecule is CC[C@H]1OC(OC(=O)c2ccccc2)[C@H](OC(C)=O)[C@@H]1C. The molecule has 0 aliphatic carbocycles. The van der Waals surface area contributed by atoms with E-state index in [0.717, 1.165) is 6.42 Å². The van der Waals surface area contributed by atoms with Gasteiger partial charge in [-0.2, -0.15) is 0 Å². The van der Waals surface area contributed by atoms with Gasteiger partial charge in [0.1, 0.15) is 0 Å². The summed E-state index contributed by atoms with van der Waals surface area (Å²) < 4.78 is 16.3. The lowest BCUT2D eigenvalue weighted by atomic mass is 9.99. The van der Waals surface area contributed by atoms with Crippen molar-refractivity contribution in [3.05, 3.63) is 35.9 Å². The van der Waals surface area contributed by atoms with Gasteiger partial charge in [-0.25, -0.2) is 4.79 Å². The van der Waals surface area contributed by atoms with Gasteiger partial charge in [-0.3, -0.25) is 4.79 Å². The molecular formula is C16H20O5. The number of carbonyl (C=O) groups excluding carboxylic acids is 2. The second-order valence-corrected chi connectivity index (χ2v) is 5.16. The van der Waals surface area contributed by atoms with Crippen LogP contribution in [0, 0.1) is 5.92 Å². The van der Waals surface area contributed by atoms with Crippen LogP contribution in [0.2, 0.25) is 0 Å². The highest BCUT2D eigenvalue weighted by atomic mass is 16.7. The molecule has 1 unspecified atom stereocenters. The summed E-state index contributed by atoms with van der Waals surface area (Å²) in [6, 6.07) is 8.66. The van der Waals surface area contributed by atoms with Crippen molar-refractivity contribution in [1.82, 2.24) is 0 Å². The van der Waals surface area contributed by atoms with E-state index < -0.39 is 24.3 Å². The average Bonchev–Trinajstić information content (AvgIpc) is 2.76. The molecule has 0 radical (unpaired) electrons. The summed E-state index contributed by atoms with van der Waals surface area (Å²) in [6.07, 6.45) is -0.761. The molecular weight excluding hydrogens is 272 g/mol. The zero-order chi connectivity index (χ0) is 15.4. The highest BCUT2D eigenvalue weighted by molar-refractivity contribution is 5.89. The van der Waals surface area contributed by atoms with Crippen molar-refractivity contribution in [1.29, 1.82) is 0 Å². The van der Waals surface area contributed by atoms with Crippen molar-refractivity contribution < 1.29 is 23.8 Å². The average molecular weight is 292 g/mol. The molecule has 1 aliphatic heterocycles. The Morgan fingerprint density at radius 2 is 1.86 bits per heavy atom. The first kappa shape index (κ1) is 15.5. The zero-order valence-electron chi connectivity index (χ0n) is 12.4. The first-order chi connectivity index (χ1) is 10.0. The van der Waals surface area contributed by atoms with Gasteiger partial charge in [-0.1, -0.05) is 32.0 Å². The molecule has 5 heteroatoms. The summed E-state index contributed by atoms with van der Waals surface area (Å²) >= 11 is 0. The fourth-order valence-corrected chi connectivity index (χ4v) is 2.50. The lowest BCUT2D eigenvalue weighted by Crippen LogP contribution is -2.34. The molecule has 1 saturated heterocycles. The molecule has 0 aromatic heterocycles. The van der Waals surface area contributed by atoms with Gasteiger partial charge in [0.25, 0.3) is 0 Å². The molecule has 21 heavy (non-hydrogen) atoms. The maximum Gasteiger partial charge on any atom is 0.340 e. The summed E-state index contributed by atoms with van der Waals surface area (Å²) in [6.45, 7) is 5.24. The van der Waals surface area contributed by atoms with Gasteiger partial charge in [-0.15, -0.1) is 0 Å². The van der Waals surface area contributed by atoms with Gasteiger partial charge >= 0.3 is 11.9 Å².